The van der Waals surface area contributed by atoms with Gasteiger partial charge in [0.2, 0.25) is 0 Å². The van der Waals surface area contributed by atoms with Crippen LogP contribution in [-0.4, -0.2) is 17.6 Å². The van der Waals surface area contributed by atoms with Crippen molar-refractivity contribution in [2.45, 2.75) is 6.42 Å². The fraction of sp³-hybridized carbons (Fsp3) is 0.154. The van der Waals surface area contributed by atoms with Crippen molar-refractivity contribution < 1.29 is 9.90 Å². The minimum atomic E-state index is -0.968. The first-order valence-electron chi connectivity index (χ1n) is 4.93. The highest BCUT2D eigenvalue weighted by molar-refractivity contribution is 5.85. The summed E-state index contributed by atoms with van der Waals surface area (Å²) in [6.45, 7) is 0.528. The number of rotatable bonds is 3. The fourth-order valence-corrected chi connectivity index (χ4v) is 1.15. The summed E-state index contributed by atoms with van der Waals surface area (Å²) >= 11 is 0. The molecular weight excluding hydrogens is 202 g/mol. The number of benzene rings is 1. The molecule has 0 aliphatic carbocycles. The van der Waals surface area contributed by atoms with Crippen LogP contribution in [0.2, 0.25) is 0 Å². The third kappa shape index (κ3) is 3.99. The van der Waals surface area contributed by atoms with Crippen LogP contribution in [0.1, 0.15) is 17.5 Å². The zero-order valence-corrected chi connectivity index (χ0v) is 8.81. The molecule has 0 aromatic heterocycles. The van der Waals surface area contributed by atoms with Gasteiger partial charge in [-0.15, -0.1) is 0 Å². The van der Waals surface area contributed by atoms with Crippen LogP contribution in [0.5, 0.6) is 0 Å². The van der Waals surface area contributed by atoms with Gasteiger partial charge in [-0.2, -0.15) is 0 Å². The van der Waals surface area contributed by atoms with Gasteiger partial charge in [0.1, 0.15) is 0 Å². The van der Waals surface area contributed by atoms with E-state index in [9.17, 15) is 4.79 Å². The Kier molecular flexibility index (Phi) is 4.84. The van der Waals surface area contributed by atoms with Gasteiger partial charge in [-0.25, -0.2) is 4.79 Å². The van der Waals surface area contributed by atoms with Gasteiger partial charge < -0.3 is 10.8 Å². The molecule has 0 saturated heterocycles. The average Bonchev–Trinajstić information content (AvgIpc) is 2.28. The first-order chi connectivity index (χ1) is 7.74. The Morgan fingerprint density at radius 1 is 1.44 bits per heavy atom. The van der Waals surface area contributed by atoms with Crippen molar-refractivity contribution in [2.24, 2.45) is 5.73 Å². The predicted octanol–water partition coefficient (Wildman–Crippen LogP) is 1.48. The van der Waals surface area contributed by atoms with Crippen molar-refractivity contribution >= 4 is 12.0 Å². The van der Waals surface area contributed by atoms with Gasteiger partial charge in [0.25, 0.3) is 0 Å². The quantitative estimate of drug-likeness (QED) is 0.593. The molecule has 1 aromatic rings. The van der Waals surface area contributed by atoms with Crippen LogP contribution in [0, 0.1) is 11.8 Å². The summed E-state index contributed by atoms with van der Waals surface area (Å²) in [5.41, 5.74) is 6.95. The zero-order valence-electron chi connectivity index (χ0n) is 8.81. The SMILES string of the molecule is NCCC#Cc1ccccc1/C=C/C(=O)O. The van der Waals surface area contributed by atoms with Crippen LogP contribution in [0.25, 0.3) is 6.08 Å². The molecule has 0 fully saturated rings. The number of carboxylic acids is 1. The number of hydrogen-bond acceptors (Lipinski definition) is 2. The maximum atomic E-state index is 10.4. The lowest BCUT2D eigenvalue weighted by atomic mass is 10.1. The van der Waals surface area contributed by atoms with Crippen molar-refractivity contribution in [3.8, 4) is 11.8 Å². The second-order valence-electron chi connectivity index (χ2n) is 3.10. The molecule has 1 aromatic carbocycles. The number of carboxylic acid groups (broad SMARTS) is 1. The van der Waals surface area contributed by atoms with Crippen LogP contribution in [0.3, 0.4) is 0 Å². The topological polar surface area (TPSA) is 63.3 Å². The summed E-state index contributed by atoms with van der Waals surface area (Å²) in [6.07, 6.45) is 3.27. The molecule has 0 bridgehead atoms. The van der Waals surface area contributed by atoms with E-state index < -0.39 is 5.97 Å². The molecule has 16 heavy (non-hydrogen) atoms. The Balaban J connectivity index is 2.93. The predicted molar refractivity (Wildman–Crippen MR) is 63.7 cm³/mol. The van der Waals surface area contributed by atoms with E-state index in [4.69, 9.17) is 10.8 Å². The summed E-state index contributed by atoms with van der Waals surface area (Å²) in [4.78, 5) is 10.4. The molecule has 1 rings (SSSR count). The van der Waals surface area contributed by atoms with Crippen LogP contribution >= 0.6 is 0 Å². The molecule has 0 atom stereocenters. The molecule has 0 amide bonds. The van der Waals surface area contributed by atoms with E-state index in [1.54, 1.807) is 0 Å². The smallest absolute Gasteiger partial charge is 0.328 e. The molecule has 3 N–H and O–H groups in total. The average molecular weight is 215 g/mol. The van der Waals surface area contributed by atoms with Gasteiger partial charge in [0.05, 0.1) is 0 Å². The molecule has 0 aliphatic heterocycles. The second kappa shape index (κ2) is 6.44. The highest BCUT2D eigenvalue weighted by Crippen LogP contribution is 2.09. The minimum Gasteiger partial charge on any atom is -0.478 e. The fourth-order valence-electron chi connectivity index (χ4n) is 1.15. The molecule has 3 nitrogen and oxygen atoms in total. The van der Waals surface area contributed by atoms with Crippen molar-refractivity contribution in [1.82, 2.24) is 0 Å². The van der Waals surface area contributed by atoms with E-state index >= 15 is 0 Å². The summed E-state index contributed by atoms with van der Waals surface area (Å²) < 4.78 is 0. The zero-order chi connectivity index (χ0) is 11.8. The highest BCUT2D eigenvalue weighted by Gasteiger charge is 1.95. The molecule has 0 heterocycles. The van der Waals surface area contributed by atoms with Crippen LogP contribution in [0.15, 0.2) is 30.3 Å². The monoisotopic (exact) mass is 215 g/mol. The van der Waals surface area contributed by atoms with Gasteiger partial charge in [0.15, 0.2) is 0 Å². The Labute approximate surface area is 94.6 Å². The summed E-state index contributed by atoms with van der Waals surface area (Å²) in [7, 11) is 0. The number of aliphatic carboxylic acids is 1. The summed E-state index contributed by atoms with van der Waals surface area (Å²) in [5, 5.41) is 8.54. The van der Waals surface area contributed by atoms with E-state index in [-0.39, 0.29) is 0 Å². The van der Waals surface area contributed by atoms with E-state index in [2.05, 4.69) is 11.8 Å². The molecular formula is C13H13NO2. The number of nitrogens with two attached hydrogens (primary N) is 1. The molecule has 3 heteroatoms. The van der Waals surface area contributed by atoms with E-state index in [1.165, 1.54) is 6.08 Å². The molecule has 0 saturated carbocycles. The Hall–Kier alpha value is -2.05. The molecule has 0 aliphatic rings. The van der Waals surface area contributed by atoms with Crippen LogP contribution in [0.4, 0.5) is 0 Å². The van der Waals surface area contributed by atoms with Crippen molar-refractivity contribution in [1.29, 1.82) is 0 Å². The van der Waals surface area contributed by atoms with Gasteiger partial charge in [-0.1, -0.05) is 30.0 Å². The van der Waals surface area contributed by atoms with E-state index in [0.717, 1.165) is 17.2 Å². The van der Waals surface area contributed by atoms with Crippen molar-refractivity contribution in [3.63, 3.8) is 0 Å². The Morgan fingerprint density at radius 2 is 2.19 bits per heavy atom. The standard InChI is InChI=1S/C13H13NO2/c14-10-4-3-7-11-5-1-2-6-12(11)8-9-13(15)16/h1-2,5-6,8-9H,4,10,14H2,(H,15,16)/b9-8+. The van der Waals surface area contributed by atoms with Gasteiger partial charge in [-0.05, 0) is 17.7 Å². The van der Waals surface area contributed by atoms with Crippen LogP contribution in [-0.2, 0) is 4.79 Å². The third-order valence-corrected chi connectivity index (χ3v) is 1.86. The van der Waals surface area contributed by atoms with E-state index in [0.29, 0.717) is 13.0 Å². The molecule has 0 radical (unpaired) electrons. The van der Waals surface area contributed by atoms with Crippen molar-refractivity contribution in [3.05, 3.63) is 41.5 Å². The molecule has 0 unspecified atom stereocenters. The van der Waals surface area contributed by atoms with Gasteiger partial charge in [-0.3, -0.25) is 0 Å². The maximum Gasteiger partial charge on any atom is 0.328 e. The lowest BCUT2D eigenvalue weighted by Crippen LogP contribution is -1.95. The minimum absolute atomic E-state index is 0.528. The summed E-state index contributed by atoms with van der Waals surface area (Å²) in [6, 6.07) is 7.39. The Bertz CT molecular complexity index is 452. The normalized spacial score (nSPS) is 9.81. The lowest BCUT2D eigenvalue weighted by molar-refractivity contribution is -0.131. The van der Waals surface area contributed by atoms with Crippen LogP contribution < -0.4 is 5.73 Å². The number of carbonyl (C=O) groups is 1. The lowest BCUT2D eigenvalue weighted by Gasteiger charge is -1.96. The largest absolute Gasteiger partial charge is 0.478 e. The summed E-state index contributed by atoms with van der Waals surface area (Å²) in [5.74, 6) is 4.92. The Morgan fingerprint density at radius 3 is 2.88 bits per heavy atom. The van der Waals surface area contributed by atoms with E-state index in [1.807, 2.05) is 24.3 Å². The first kappa shape index (κ1) is 12.0. The molecule has 82 valence electrons. The third-order valence-electron chi connectivity index (χ3n) is 1.86. The number of hydrogen-bond donors (Lipinski definition) is 2. The first-order valence-corrected chi connectivity index (χ1v) is 4.93. The molecule has 0 spiro atoms. The second-order valence-corrected chi connectivity index (χ2v) is 3.10. The van der Waals surface area contributed by atoms with Crippen molar-refractivity contribution in [2.75, 3.05) is 6.54 Å². The maximum absolute atomic E-state index is 10.4. The highest BCUT2D eigenvalue weighted by atomic mass is 16.4. The van der Waals surface area contributed by atoms with Gasteiger partial charge in [0, 0.05) is 24.6 Å². The van der Waals surface area contributed by atoms with Gasteiger partial charge >= 0.3 is 5.97 Å².